The molecule has 0 bridgehead atoms. The molecule has 1 aliphatic rings. The average Bonchev–Trinajstić information content (AvgIpc) is 3.07. The zero-order valence-electron chi connectivity index (χ0n) is 15.1. The van der Waals surface area contributed by atoms with Crippen molar-refractivity contribution in [2.45, 2.75) is 19.4 Å². The number of carboxylic acid groups (broad SMARTS) is 2. The van der Waals surface area contributed by atoms with Gasteiger partial charge in [-0.2, -0.15) is 4.98 Å². The minimum absolute atomic E-state index is 0.0893. The summed E-state index contributed by atoms with van der Waals surface area (Å²) in [4.78, 5) is 41.3. The summed E-state index contributed by atoms with van der Waals surface area (Å²) in [6.45, 7) is 5.00. The fourth-order valence-corrected chi connectivity index (χ4v) is 2.33. The minimum atomic E-state index is -1.26. The lowest BCUT2D eigenvalue weighted by molar-refractivity contribution is -0.134. The van der Waals surface area contributed by atoms with Crippen molar-refractivity contribution < 1.29 is 29.3 Å². The Labute approximate surface area is 155 Å². The van der Waals surface area contributed by atoms with Gasteiger partial charge in [-0.25, -0.2) is 14.6 Å². The van der Waals surface area contributed by atoms with Crippen molar-refractivity contribution in [3.05, 3.63) is 23.9 Å². The molecule has 1 aliphatic heterocycles. The van der Waals surface area contributed by atoms with Gasteiger partial charge in [0.1, 0.15) is 5.56 Å². The van der Waals surface area contributed by atoms with Crippen LogP contribution in [0.1, 0.15) is 23.7 Å². The number of hydrogen-bond acceptors (Lipinski definition) is 8. The predicted octanol–water partition coefficient (Wildman–Crippen LogP) is -0.397. The third kappa shape index (κ3) is 7.69. The number of carboxylic acids is 2. The van der Waals surface area contributed by atoms with E-state index in [1.165, 1.54) is 13.3 Å². The van der Waals surface area contributed by atoms with Crippen molar-refractivity contribution in [1.29, 1.82) is 0 Å². The second-order valence-electron chi connectivity index (χ2n) is 5.51. The van der Waals surface area contributed by atoms with Crippen molar-refractivity contribution in [1.82, 2.24) is 20.2 Å². The van der Waals surface area contributed by atoms with Gasteiger partial charge in [0.15, 0.2) is 0 Å². The van der Waals surface area contributed by atoms with Gasteiger partial charge in [0.05, 0.1) is 7.11 Å². The summed E-state index contributed by atoms with van der Waals surface area (Å²) in [5.74, 6) is -2.44. The third-order valence-electron chi connectivity index (χ3n) is 3.63. The van der Waals surface area contributed by atoms with Crippen LogP contribution in [0.2, 0.25) is 0 Å². The number of nitrogens with zero attached hydrogens (tertiary/aromatic N) is 3. The molecule has 1 amide bonds. The summed E-state index contributed by atoms with van der Waals surface area (Å²) >= 11 is 0. The Morgan fingerprint density at radius 2 is 2.00 bits per heavy atom. The van der Waals surface area contributed by atoms with Gasteiger partial charge in [0.2, 0.25) is 11.8 Å². The number of rotatable bonds is 6. The Hall–Kier alpha value is -3.21. The van der Waals surface area contributed by atoms with Crippen LogP contribution in [0.4, 0.5) is 5.95 Å². The van der Waals surface area contributed by atoms with Crippen LogP contribution in [-0.4, -0.2) is 75.7 Å². The first-order valence-corrected chi connectivity index (χ1v) is 8.10. The molecule has 2 rings (SSSR count). The van der Waals surface area contributed by atoms with Gasteiger partial charge in [-0.3, -0.25) is 4.79 Å². The normalized spacial score (nSPS) is 16.4. The number of aromatic nitrogens is 2. The second-order valence-corrected chi connectivity index (χ2v) is 5.51. The van der Waals surface area contributed by atoms with Gasteiger partial charge in [-0.15, -0.1) is 0 Å². The van der Waals surface area contributed by atoms with E-state index in [1.54, 1.807) is 0 Å². The lowest BCUT2D eigenvalue weighted by Crippen LogP contribution is -2.37. The van der Waals surface area contributed by atoms with E-state index in [1.807, 2.05) is 0 Å². The van der Waals surface area contributed by atoms with Gasteiger partial charge in [0, 0.05) is 37.5 Å². The zero-order valence-corrected chi connectivity index (χ0v) is 15.1. The summed E-state index contributed by atoms with van der Waals surface area (Å²) in [5, 5.41) is 18.6. The fourth-order valence-electron chi connectivity index (χ4n) is 2.33. The molecule has 0 aromatic carbocycles. The van der Waals surface area contributed by atoms with E-state index in [-0.39, 0.29) is 23.8 Å². The molecule has 1 atom stereocenters. The monoisotopic (exact) mass is 381 g/mol. The van der Waals surface area contributed by atoms with E-state index in [4.69, 9.17) is 20.7 Å². The lowest BCUT2D eigenvalue weighted by atomic mass is 10.2. The molecule has 11 nitrogen and oxygen atoms in total. The number of aliphatic carboxylic acids is 2. The van der Waals surface area contributed by atoms with Crippen LogP contribution in [0, 0.1) is 0 Å². The Bertz CT molecular complexity index is 693. The third-order valence-corrected chi connectivity index (χ3v) is 3.63. The van der Waals surface area contributed by atoms with Gasteiger partial charge in [-0.05, 0) is 13.0 Å². The molecule has 11 heteroatoms. The van der Waals surface area contributed by atoms with E-state index >= 15 is 0 Å². The first-order chi connectivity index (χ1) is 12.8. The Balaban J connectivity index is 0.000000387. The number of nitrogens with one attached hydrogen (secondary N) is 1. The van der Waals surface area contributed by atoms with Crippen LogP contribution in [0.5, 0.6) is 5.88 Å². The van der Waals surface area contributed by atoms with Gasteiger partial charge in [-0.1, -0.05) is 6.92 Å². The van der Waals surface area contributed by atoms with E-state index in [0.717, 1.165) is 26.1 Å². The number of carbonyl (C=O) groups excluding carboxylic acids is 1. The molecule has 148 valence electrons. The highest BCUT2D eigenvalue weighted by atomic mass is 16.5. The van der Waals surface area contributed by atoms with E-state index in [9.17, 15) is 14.4 Å². The van der Waals surface area contributed by atoms with Crippen LogP contribution < -0.4 is 15.8 Å². The molecule has 2 heterocycles. The fraction of sp³-hybridized carbons (Fsp3) is 0.438. The van der Waals surface area contributed by atoms with Crippen molar-refractivity contribution in [3.63, 3.8) is 0 Å². The molecule has 1 saturated heterocycles. The smallest absolute Gasteiger partial charge is 0.328 e. The van der Waals surface area contributed by atoms with Crippen molar-refractivity contribution in [3.8, 4) is 5.88 Å². The van der Waals surface area contributed by atoms with E-state index < -0.39 is 11.9 Å². The predicted molar refractivity (Wildman–Crippen MR) is 95.4 cm³/mol. The number of anilines is 1. The number of methoxy groups -OCH3 is 1. The molecule has 1 fully saturated rings. The van der Waals surface area contributed by atoms with Gasteiger partial charge >= 0.3 is 11.9 Å². The quantitative estimate of drug-likeness (QED) is 0.476. The standard InChI is InChI=1S/C12H19N5O2.C4H4O4/c1-3-17-5-4-8(7-17)15-10(18)9-6-14-12(13)16-11(9)19-2;5-3(6)1-2-4(7)8/h6,8H,3-5,7H2,1-2H3,(H,15,18)(H2,13,14,16);1-2H,(H,5,6)(H,7,8). The molecule has 0 spiro atoms. The number of carbonyl (C=O) groups is 3. The van der Waals surface area contributed by atoms with E-state index in [2.05, 4.69) is 27.1 Å². The molecule has 1 unspecified atom stereocenters. The number of likely N-dealkylation sites (tertiary alicyclic amines) is 1. The average molecular weight is 381 g/mol. The molecule has 0 saturated carbocycles. The Morgan fingerprint density at radius 3 is 2.48 bits per heavy atom. The highest BCUT2D eigenvalue weighted by Crippen LogP contribution is 2.16. The van der Waals surface area contributed by atoms with Gasteiger partial charge in [0.25, 0.3) is 5.91 Å². The van der Waals surface area contributed by atoms with Crippen molar-refractivity contribution >= 4 is 23.8 Å². The summed E-state index contributed by atoms with van der Waals surface area (Å²) in [7, 11) is 1.45. The van der Waals surface area contributed by atoms with Gasteiger partial charge < -0.3 is 30.9 Å². The SMILES string of the molecule is CCN1CCC(NC(=O)c2cnc(N)nc2OC)C1.O=C(O)C=CC(=O)O. The maximum atomic E-state index is 12.2. The summed E-state index contributed by atoms with van der Waals surface area (Å²) in [6, 6.07) is 0.162. The van der Waals surface area contributed by atoms with E-state index in [0.29, 0.717) is 17.7 Å². The molecule has 5 N–H and O–H groups in total. The summed E-state index contributed by atoms with van der Waals surface area (Å²) < 4.78 is 5.05. The van der Waals surface area contributed by atoms with Crippen LogP contribution in [0.15, 0.2) is 18.3 Å². The molecular weight excluding hydrogens is 358 g/mol. The molecule has 0 aliphatic carbocycles. The highest BCUT2D eigenvalue weighted by molar-refractivity contribution is 5.96. The maximum absolute atomic E-state index is 12.2. The first kappa shape index (κ1) is 21.8. The molecule has 1 aromatic heterocycles. The first-order valence-electron chi connectivity index (χ1n) is 8.10. The summed E-state index contributed by atoms with van der Waals surface area (Å²) in [6.07, 6.45) is 3.46. The molecule has 27 heavy (non-hydrogen) atoms. The van der Waals surface area contributed by atoms with Crippen molar-refractivity contribution in [2.75, 3.05) is 32.5 Å². The number of hydrogen-bond donors (Lipinski definition) is 4. The summed E-state index contributed by atoms with van der Waals surface area (Å²) in [5.41, 5.74) is 5.77. The molecular formula is C16H23N5O6. The second kappa shape index (κ2) is 10.7. The number of amides is 1. The number of nitrogens with two attached hydrogens (primary N) is 1. The minimum Gasteiger partial charge on any atom is -0.480 e. The van der Waals surface area contributed by atoms with Crippen molar-refractivity contribution in [2.24, 2.45) is 0 Å². The topological polar surface area (TPSA) is 168 Å². The number of ether oxygens (including phenoxy) is 1. The lowest BCUT2D eigenvalue weighted by Gasteiger charge is -2.15. The number of likely N-dealkylation sites (N-methyl/N-ethyl adjacent to an activating group) is 1. The zero-order chi connectivity index (χ0) is 20.4. The Kier molecular flexibility index (Phi) is 8.66. The largest absolute Gasteiger partial charge is 0.480 e. The molecule has 0 radical (unpaired) electrons. The van der Waals surface area contributed by atoms with Crippen LogP contribution in [0.25, 0.3) is 0 Å². The Morgan fingerprint density at radius 1 is 1.37 bits per heavy atom. The highest BCUT2D eigenvalue weighted by Gasteiger charge is 2.24. The number of nitrogen functional groups attached to an aromatic ring is 1. The van der Waals surface area contributed by atoms with Crippen LogP contribution >= 0.6 is 0 Å². The van der Waals surface area contributed by atoms with Crippen LogP contribution in [0.3, 0.4) is 0 Å². The maximum Gasteiger partial charge on any atom is 0.328 e. The van der Waals surface area contributed by atoms with Crippen LogP contribution in [-0.2, 0) is 9.59 Å². The molecule has 1 aromatic rings.